The minimum Gasteiger partial charge on any atom is -0.435 e. The lowest BCUT2D eigenvalue weighted by molar-refractivity contribution is -0.116. The number of alkyl halides is 2. The first kappa shape index (κ1) is 15.9. The summed E-state index contributed by atoms with van der Waals surface area (Å²) in [5, 5.41) is 2.72. The lowest BCUT2D eigenvalue weighted by atomic mass is 10.3. The van der Waals surface area contributed by atoms with Crippen molar-refractivity contribution in [1.82, 2.24) is 9.55 Å². The Labute approximate surface area is 136 Å². The molecule has 0 spiro atoms. The highest BCUT2D eigenvalue weighted by molar-refractivity contribution is 5.91. The molecule has 0 fully saturated rings. The van der Waals surface area contributed by atoms with Crippen LogP contribution in [0.5, 0.6) is 5.75 Å². The third-order valence-corrected chi connectivity index (χ3v) is 3.51. The number of fused-ring (bicyclic) bond motifs is 1. The Bertz CT molecular complexity index is 860. The summed E-state index contributed by atoms with van der Waals surface area (Å²) in [5.41, 5.74) is 2.21. The van der Waals surface area contributed by atoms with E-state index in [0.29, 0.717) is 5.69 Å². The largest absolute Gasteiger partial charge is 0.435 e. The van der Waals surface area contributed by atoms with Crippen molar-refractivity contribution in [2.24, 2.45) is 0 Å². The molecule has 1 aromatic heterocycles. The molecule has 0 saturated heterocycles. The van der Waals surface area contributed by atoms with Gasteiger partial charge >= 0.3 is 6.61 Å². The average molecular weight is 331 g/mol. The highest BCUT2D eigenvalue weighted by Gasteiger charge is 2.11. The van der Waals surface area contributed by atoms with Crippen LogP contribution in [0.2, 0.25) is 0 Å². The molecule has 0 aliphatic heterocycles. The van der Waals surface area contributed by atoms with Gasteiger partial charge in [0.2, 0.25) is 5.91 Å². The number of carbonyl (C=O) groups is 1. The molecule has 3 rings (SSSR count). The molecule has 5 nitrogen and oxygen atoms in total. The monoisotopic (exact) mass is 331 g/mol. The average Bonchev–Trinajstić information content (AvgIpc) is 2.85. The van der Waals surface area contributed by atoms with E-state index in [1.165, 1.54) is 24.3 Å². The van der Waals surface area contributed by atoms with Gasteiger partial charge in [0.25, 0.3) is 0 Å². The number of aromatic nitrogens is 2. The van der Waals surface area contributed by atoms with Crippen LogP contribution in [0.4, 0.5) is 14.5 Å². The van der Waals surface area contributed by atoms with Crippen LogP contribution in [0.25, 0.3) is 11.0 Å². The summed E-state index contributed by atoms with van der Waals surface area (Å²) in [7, 11) is 0. The van der Waals surface area contributed by atoms with Gasteiger partial charge in [-0.3, -0.25) is 4.79 Å². The Hall–Kier alpha value is -2.96. The minimum atomic E-state index is -2.87. The van der Waals surface area contributed by atoms with Crippen LogP contribution < -0.4 is 10.1 Å². The predicted octanol–water partition coefficient (Wildman–Crippen LogP) is 3.58. The van der Waals surface area contributed by atoms with Crippen LogP contribution in [0.15, 0.2) is 48.5 Å². The van der Waals surface area contributed by atoms with Crippen LogP contribution >= 0.6 is 0 Å². The van der Waals surface area contributed by atoms with Crippen LogP contribution in [0.3, 0.4) is 0 Å². The van der Waals surface area contributed by atoms with Gasteiger partial charge < -0.3 is 14.6 Å². The van der Waals surface area contributed by atoms with Gasteiger partial charge in [0.05, 0.1) is 11.0 Å². The number of rotatable bonds is 5. The number of para-hydroxylation sites is 2. The van der Waals surface area contributed by atoms with Crippen molar-refractivity contribution in [1.29, 1.82) is 0 Å². The Morgan fingerprint density at radius 2 is 1.92 bits per heavy atom. The van der Waals surface area contributed by atoms with Gasteiger partial charge in [0.1, 0.15) is 18.1 Å². The summed E-state index contributed by atoms with van der Waals surface area (Å²) >= 11 is 0. The predicted molar refractivity (Wildman–Crippen MR) is 86.2 cm³/mol. The van der Waals surface area contributed by atoms with E-state index in [-0.39, 0.29) is 18.2 Å². The maximum atomic E-state index is 12.2. The number of anilines is 1. The third kappa shape index (κ3) is 3.51. The van der Waals surface area contributed by atoms with Gasteiger partial charge in [-0.25, -0.2) is 4.98 Å². The van der Waals surface area contributed by atoms with Crippen molar-refractivity contribution in [3.8, 4) is 5.75 Å². The number of hydrogen-bond donors (Lipinski definition) is 1. The van der Waals surface area contributed by atoms with Crippen molar-refractivity contribution >= 4 is 22.6 Å². The second-order valence-electron chi connectivity index (χ2n) is 5.18. The number of aryl methyl sites for hydroxylation is 1. The van der Waals surface area contributed by atoms with Crippen molar-refractivity contribution < 1.29 is 18.3 Å². The van der Waals surface area contributed by atoms with E-state index in [1.54, 1.807) is 0 Å². The molecular weight excluding hydrogens is 316 g/mol. The number of amides is 1. The second kappa shape index (κ2) is 6.66. The molecule has 0 atom stereocenters. The van der Waals surface area contributed by atoms with Gasteiger partial charge in [0, 0.05) is 5.69 Å². The fourth-order valence-electron chi connectivity index (χ4n) is 2.46. The molecule has 1 N–H and O–H groups in total. The third-order valence-electron chi connectivity index (χ3n) is 3.51. The van der Waals surface area contributed by atoms with E-state index in [9.17, 15) is 13.6 Å². The van der Waals surface area contributed by atoms with Gasteiger partial charge in [-0.15, -0.1) is 0 Å². The number of halogens is 2. The minimum absolute atomic E-state index is 0.0412. The molecule has 0 bridgehead atoms. The van der Waals surface area contributed by atoms with E-state index in [2.05, 4.69) is 15.0 Å². The first-order valence-electron chi connectivity index (χ1n) is 7.29. The molecule has 1 heterocycles. The zero-order valence-electron chi connectivity index (χ0n) is 12.9. The van der Waals surface area contributed by atoms with Crippen LogP contribution in [0.1, 0.15) is 5.82 Å². The number of imidazole rings is 1. The number of nitrogens with zero attached hydrogens (tertiary/aromatic N) is 2. The fourth-order valence-corrected chi connectivity index (χ4v) is 2.46. The van der Waals surface area contributed by atoms with Crippen LogP contribution in [-0.4, -0.2) is 22.1 Å². The standard InChI is InChI=1S/C17H15F2N3O2/c1-11-20-14-4-2-3-5-15(14)22(11)10-16(23)21-12-6-8-13(9-7-12)24-17(18)19/h2-9,17H,10H2,1H3,(H,21,23). The first-order chi connectivity index (χ1) is 11.5. The molecule has 2 aromatic carbocycles. The quantitative estimate of drug-likeness (QED) is 0.777. The number of benzene rings is 2. The van der Waals surface area contributed by atoms with E-state index < -0.39 is 6.61 Å². The number of carbonyl (C=O) groups excluding carboxylic acids is 1. The molecule has 24 heavy (non-hydrogen) atoms. The second-order valence-corrected chi connectivity index (χ2v) is 5.18. The number of hydrogen-bond acceptors (Lipinski definition) is 3. The summed E-state index contributed by atoms with van der Waals surface area (Å²) in [4.78, 5) is 16.6. The number of ether oxygens (including phenoxy) is 1. The molecule has 0 aliphatic rings. The highest BCUT2D eigenvalue weighted by atomic mass is 19.3. The van der Waals surface area contributed by atoms with Gasteiger partial charge in [-0.1, -0.05) is 12.1 Å². The Kier molecular flexibility index (Phi) is 4.41. The van der Waals surface area contributed by atoms with E-state index in [0.717, 1.165) is 16.9 Å². The summed E-state index contributed by atoms with van der Waals surface area (Å²) in [5.74, 6) is 0.551. The Morgan fingerprint density at radius 3 is 2.62 bits per heavy atom. The van der Waals surface area contributed by atoms with Crippen molar-refractivity contribution in [3.05, 3.63) is 54.4 Å². The molecule has 1 amide bonds. The lowest BCUT2D eigenvalue weighted by Gasteiger charge is -2.09. The summed E-state index contributed by atoms with van der Waals surface area (Å²) in [6, 6.07) is 13.3. The lowest BCUT2D eigenvalue weighted by Crippen LogP contribution is -2.19. The van der Waals surface area contributed by atoms with E-state index in [4.69, 9.17) is 0 Å². The zero-order chi connectivity index (χ0) is 17.1. The summed E-state index contributed by atoms with van der Waals surface area (Å²) < 4.78 is 30.3. The molecule has 0 radical (unpaired) electrons. The van der Waals surface area contributed by atoms with Gasteiger partial charge in [0.15, 0.2) is 0 Å². The van der Waals surface area contributed by atoms with Crippen LogP contribution in [0, 0.1) is 6.92 Å². The molecule has 0 aliphatic carbocycles. The Morgan fingerprint density at radius 1 is 1.21 bits per heavy atom. The van der Waals surface area contributed by atoms with Crippen molar-refractivity contribution in [2.45, 2.75) is 20.1 Å². The highest BCUT2D eigenvalue weighted by Crippen LogP contribution is 2.19. The molecule has 3 aromatic rings. The topological polar surface area (TPSA) is 56.2 Å². The normalized spacial score (nSPS) is 11.0. The fraction of sp³-hybridized carbons (Fsp3) is 0.176. The molecule has 124 valence electrons. The number of nitrogens with one attached hydrogen (secondary N) is 1. The molecule has 0 saturated carbocycles. The Balaban J connectivity index is 1.70. The van der Waals surface area contributed by atoms with Crippen molar-refractivity contribution in [2.75, 3.05) is 5.32 Å². The van der Waals surface area contributed by atoms with Gasteiger partial charge in [-0.05, 0) is 43.3 Å². The zero-order valence-corrected chi connectivity index (χ0v) is 12.9. The summed E-state index contributed by atoms with van der Waals surface area (Å²) in [6.45, 7) is -0.922. The van der Waals surface area contributed by atoms with Gasteiger partial charge in [-0.2, -0.15) is 8.78 Å². The SMILES string of the molecule is Cc1nc2ccccc2n1CC(=O)Nc1ccc(OC(F)F)cc1. The summed E-state index contributed by atoms with van der Waals surface area (Å²) in [6.07, 6.45) is 0. The smallest absolute Gasteiger partial charge is 0.387 e. The van der Waals surface area contributed by atoms with E-state index in [1.807, 2.05) is 35.8 Å². The maximum absolute atomic E-state index is 12.2. The van der Waals surface area contributed by atoms with Crippen molar-refractivity contribution in [3.63, 3.8) is 0 Å². The molecule has 0 unspecified atom stereocenters. The first-order valence-corrected chi connectivity index (χ1v) is 7.29. The van der Waals surface area contributed by atoms with E-state index >= 15 is 0 Å². The van der Waals surface area contributed by atoms with Crippen LogP contribution in [-0.2, 0) is 11.3 Å². The molecular formula is C17H15F2N3O2. The maximum Gasteiger partial charge on any atom is 0.387 e. The molecule has 7 heteroatoms.